The summed E-state index contributed by atoms with van der Waals surface area (Å²) in [4.78, 5) is 0.757. The molecule has 70 valence electrons. The van der Waals surface area contributed by atoms with Crippen LogP contribution in [0.4, 0.5) is 0 Å². The molecule has 4 heteroatoms. The van der Waals surface area contributed by atoms with Crippen molar-refractivity contribution in [1.29, 1.82) is 5.26 Å². The number of rotatable bonds is 1. The number of thioether (sulfide) groups is 1. The number of aromatic hydroxyl groups is 1. The molecule has 0 aliphatic heterocycles. The van der Waals surface area contributed by atoms with E-state index in [9.17, 15) is 5.11 Å². The highest BCUT2D eigenvalue weighted by Gasteiger charge is 2.11. The van der Waals surface area contributed by atoms with Gasteiger partial charge in [-0.3, -0.25) is 0 Å². The van der Waals surface area contributed by atoms with Gasteiger partial charge in [0, 0.05) is 5.39 Å². The molecule has 1 aromatic heterocycles. The SMILES string of the molecule is CSc1cc(C#N)c2sccc2c1O. The maximum Gasteiger partial charge on any atom is 0.137 e. The lowest BCUT2D eigenvalue weighted by Gasteiger charge is -2.03. The van der Waals surface area contributed by atoms with Crippen molar-refractivity contribution in [2.45, 2.75) is 4.90 Å². The van der Waals surface area contributed by atoms with Gasteiger partial charge in [-0.15, -0.1) is 23.1 Å². The highest BCUT2D eigenvalue weighted by molar-refractivity contribution is 7.98. The van der Waals surface area contributed by atoms with Crippen LogP contribution in [0.3, 0.4) is 0 Å². The Kier molecular flexibility index (Phi) is 2.36. The number of fused-ring (bicyclic) bond motifs is 1. The number of hydrogen-bond donors (Lipinski definition) is 1. The van der Waals surface area contributed by atoms with Crippen molar-refractivity contribution < 1.29 is 5.11 Å². The fraction of sp³-hybridized carbons (Fsp3) is 0.100. The summed E-state index contributed by atoms with van der Waals surface area (Å²) in [6.07, 6.45) is 1.88. The number of hydrogen-bond acceptors (Lipinski definition) is 4. The number of nitriles is 1. The summed E-state index contributed by atoms with van der Waals surface area (Å²) in [6.45, 7) is 0. The third-order valence-corrected chi connectivity index (χ3v) is 3.71. The summed E-state index contributed by atoms with van der Waals surface area (Å²) >= 11 is 2.93. The summed E-state index contributed by atoms with van der Waals surface area (Å²) in [5, 5.41) is 21.4. The molecule has 0 fully saturated rings. The number of nitrogens with zero attached hydrogens (tertiary/aromatic N) is 1. The normalized spacial score (nSPS) is 10.3. The summed E-state index contributed by atoms with van der Waals surface area (Å²) in [7, 11) is 0. The molecular weight excluding hydrogens is 214 g/mol. The van der Waals surface area contributed by atoms with Gasteiger partial charge >= 0.3 is 0 Å². The van der Waals surface area contributed by atoms with Crippen LogP contribution < -0.4 is 0 Å². The Bertz CT molecular complexity index is 525. The minimum Gasteiger partial charge on any atom is -0.506 e. The first-order valence-electron chi connectivity index (χ1n) is 3.95. The van der Waals surface area contributed by atoms with E-state index in [4.69, 9.17) is 5.26 Å². The van der Waals surface area contributed by atoms with Crippen LogP contribution in [0.1, 0.15) is 5.56 Å². The molecule has 1 aromatic carbocycles. The predicted molar refractivity (Wildman–Crippen MR) is 60.0 cm³/mol. The first-order chi connectivity index (χ1) is 6.77. The van der Waals surface area contributed by atoms with Crippen LogP contribution in [0.5, 0.6) is 5.75 Å². The second-order valence-corrected chi connectivity index (χ2v) is 4.51. The molecule has 2 aromatic rings. The molecule has 0 spiro atoms. The minimum absolute atomic E-state index is 0.285. The Labute approximate surface area is 89.8 Å². The second-order valence-electron chi connectivity index (χ2n) is 2.75. The second kappa shape index (κ2) is 3.52. The molecule has 0 unspecified atom stereocenters. The van der Waals surface area contributed by atoms with E-state index in [-0.39, 0.29) is 5.75 Å². The highest BCUT2D eigenvalue weighted by Crippen LogP contribution is 2.38. The zero-order chi connectivity index (χ0) is 10.1. The fourth-order valence-electron chi connectivity index (χ4n) is 1.34. The monoisotopic (exact) mass is 221 g/mol. The van der Waals surface area contributed by atoms with Gasteiger partial charge in [-0.05, 0) is 23.8 Å². The summed E-state index contributed by atoms with van der Waals surface area (Å²) < 4.78 is 0.864. The standard InChI is InChI=1S/C10H7NOS2/c1-13-8-4-6(5-11)10-7(9(8)12)2-3-14-10/h2-4,12H,1H3. The highest BCUT2D eigenvalue weighted by atomic mass is 32.2. The summed E-state index contributed by atoms with van der Waals surface area (Å²) in [6, 6.07) is 5.72. The maximum absolute atomic E-state index is 9.83. The molecule has 1 N–H and O–H groups in total. The quantitative estimate of drug-likeness (QED) is 0.752. The van der Waals surface area contributed by atoms with Gasteiger partial charge in [0.05, 0.1) is 15.2 Å². The molecule has 2 rings (SSSR count). The van der Waals surface area contributed by atoms with Crippen molar-refractivity contribution in [1.82, 2.24) is 0 Å². The topological polar surface area (TPSA) is 44.0 Å². The van der Waals surface area contributed by atoms with Crippen molar-refractivity contribution in [3.63, 3.8) is 0 Å². The van der Waals surface area contributed by atoms with Crippen molar-refractivity contribution in [2.75, 3.05) is 6.26 Å². The van der Waals surface area contributed by atoms with Crippen LogP contribution in [0.2, 0.25) is 0 Å². The molecule has 0 radical (unpaired) electrons. The smallest absolute Gasteiger partial charge is 0.137 e. The van der Waals surface area contributed by atoms with E-state index in [2.05, 4.69) is 6.07 Å². The average molecular weight is 221 g/mol. The van der Waals surface area contributed by atoms with Gasteiger partial charge < -0.3 is 5.11 Å². The van der Waals surface area contributed by atoms with Crippen LogP contribution in [-0.2, 0) is 0 Å². The van der Waals surface area contributed by atoms with Gasteiger partial charge in [-0.2, -0.15) is 5.26 Å². The Morgan fingerprint density at radius 2 is 2.36 bits per heavy atom. The van der Waals surface area contributed by atoms with Crippen molar-refractivity contribution in [2.24, 2.45) is 0 Å². The molecule has 0 amide bonds. The Balaban J connectivity index is 2.89. The van der Waals surface area contributed by atoms with Gasteiger partial charge in [0.25, 0.3) is 0 Å². The number of phenolic OH excluding ortho intramolecular Hbond substituents is 1. The third-order valence-electron chi connectivity index (χ3n) is 2.01. The van der Waals surface area contributed by atoms with Crippen LogP contribution in [0, 0.1) is 11.3 Å². The Hall–Kier alpha value is -1.18. The summed E-state index contributed by atoms with van der Waals surface area (Å²) in [5.41, 5.74) is 0.636. The van der Waals surface area contributed by atoms with Gasteiger partial charge in [0.15, 0.2) is 0 Å². The molecule has 0 bridgehead atoms. The van der Waals surface area contributed by atoms with Crippen LogP contribution in [0.25, 0.3) is 10.1 Å². The predicted octanol–water partition coefficient (Wildman–Crippen LogP) is 3.20. The Morgan fingerprint density at radius 3 is 3.00 bits per heavy atom. The van der Waals surface area contributed by atoms with Gasteiger partial charge in [-0.25, -0.2) is 0 Å². The lowest BCUT2D eigenvalue weighted by atomic mass is 10.1. The zero-order valence-electron chi connectivity index (χ0n) is 7.44. The van der Waals surface area contributed by atoms with E-state index in [1.807, 2.05) is 17.7 Å². The number of benzene rings is 1. The molecule has 14 heavy (non-hydrogen) atoms. The first-order valence-corrected chi connectivity index (χ1v) is 6.05. The van der Waals surface area contributed by atoms with E-state index in [1.165, 1.54) is 23.1 Å². The van der Waals surface area contributed by atoms with Crippen molar-refractivity contribution in [3.8, 4) is 11.8 Å². The molecule has 1 heterocycles. The third kappa shape index (κ3) is 1.26. The number of thiophene rings is 1. The minimum atomic E-state index is 0.285. The van der Waals surface area contributed by atoms with E-state index in [0.717, 1.165) is 15.0 Å². The fourth-order valence-corrected chi connectivity index (χ4v) is 2.74. The van der Waals surface area contributed by atoms with E-state index in [1.54, 1.807) is 6.07 Å². The van der Waals surface area contributed by atoms with Gasteiger partial charge in [-0.1, -0.05) is 0 Å². The molecular formula is C10H7NOS2. The molecule has 0 atom stereocenters. The molecule has 0 saturated carbocycles. The Morgan fingerprint density at radius 1 is 1.57 bits per heavy atom. The van der Waals surface area contributed by atoms with Crippen LogP contribution >= 0.6 is 23.1 Å². The number of phenols is 1. The van der Waals surface area contributed by atoms with Gasteiger partial charge in [0.2, 0.25) is 0 Å². The maximum atomic E-state index is 9.83. The molecule has 2 nitrogen and oxygen atoms in total. The summed E-state index contributed by atoms with van der Waals surface area (Å²) in [5.74, 6) is 0.285. The first kappa shape index (κ1) is 9.38. The van der Waals surface area contributed by atoms with E-state index in [0.29, 0.717) is 5.56 Å². The average Bonchev–Trinajstić information content (AvgIpc) is 2.68. The molecule has 0 saturated heterocycles. The zero-order valence-corrected chi connectivity index (χ0v) is 9.08. The van der Waals surface area contributed by atoms with Crippen LogP contribution in [0.15, 0.2) is 22.4 Å². The van der Waals surface area contributed by atoms with Crippen LogP contribution in [-0.4, -0.2) is 11.4 Å². The largest absolute Gasteiger partial charge is 0.506 e. The lowest BCUT2D eigenvalue weighted by molar-refractivity contribution is 0.469. The molecule has 0 aliphatic carbocycles. The van der Waals surface area contributed by atoms with Crippen molar-refractivity contribution in [3.05, 3.63) is 23.1 Å². The van der Waals surface area contributed by atoms with Gasteiger partial charge in [0.1, 0.15) is 11.8 Å². The lowest BCUT2D eigenvalue weighted by Crippen LogP contribution is -1.79. The van der Waals surface area contributed by atoms with E-state index >= 15 is 0 Å². The molecule has 0 aliphatic rings. The van der Waals surface area contributed by atoms with E-state index < -0.39 is 0 Å². The van der Waals surface area contributed by atoms with Crippen molar-refractivity contribution >= 4 is 33.2 Å².